The predicted molar refractivity (Wildman–Crippen MR) is 66.1 cm³/mol. The number of nitrogens with two attached hydrogens (primary N) is 1. The molecule has 0 atom stereocenters. The minimum absolute atomic E-state index is 0.00890. The number of imidazole rings is 1. The number of nitrogen functional groups attached to an aromatic ring is 1. The van der Waals surface area contributed by atoms with Crippen LogP contribution in [0.25, 0.3) is 0 Å². The minimum atomic E-state index is -0.00890. The van der Waals surface area contributed by atoms with Gasteiger partial charge in [-0.2, -0.15) is 0 Å². The van der Waals surface area contributed by atoms with Crippen molar-refractivity contribution in [2.75, 3.05) is 0 Å². The van der Waals surface area contributed by atoms with E-state index in [0.29, 0.717) is 5.69 Å². The highest BCUT2D eigenvalue weighted by molar-refractivity contribution is 5.93. The van der Waals surface area contributed by atoms with E-state index in [9.17, 15) is 0 Å². The van der Waals surface area contributed by atoms with Crippen molar-refractivity contribution in [3.8, 4) is 0 Å². The van der Waals surface area contributed by atoms with E-state index < -0.39 is 0 Å². The maximum absolute atomic E-state index is 7.35. The van der Waals surface area contributed by atoms with Crippen molar-refractivity contribution in [1.82, 2.24) is 14.5 Å². The molecule has 0 aliphatic heterocycles. The molecule has 0 spiro atoms. The van der Waals surface area contributed by atoms with Gasteiger partial charge in [-0.1, -0.05) is 0 Å². The number of pyridine rings is 1. The summed E-state index contributed by atoms with van der Waals surface area (Å²) in [5.74, 6) is -0.00890. The lowest BCUT2D eigenvalue weighted by Crippen LogP contribution is -2.13. The van der Waals surface area contributed by atoms with Gasteiger partial charge in [0, 0.05) is 18.4 Å². The summed E-state index contributed by atoms with van der Waals surface area (Å²) in [6.45, 7) is 4.74. The molecule has 0 aromatic carbocycles. The van der Waals surface area contributed by atoms with Gasteiger partial charge < -0.3 is 10.3 Å². The average Bonchev–Trinajstić information content (AvgIpc) is 2.61. The third-order valence-electron chi connectivity index (χ3n) is 2.80. The molecule has 5 nitrogen and oxygen atoms in total. The smallest absolute Gasteiger partial charge is 0.141 e. The van der Waals surface area contributed by atoms with Crippen LogP contribution in [0, 0.1) is 19.3 Å². The minimum Gasteiger partial charge on any atom is -0.382 e. The monoisotopic (exact) mass is 229 g/mol. The Morgan fingerprint density at radius 2 is 2.18 bits per heavy atom. The highest BCUT2D eigenvalue weighted by Gasteiger charge is 2.04. The molecule has 0 fully saturated rings. The lowest BCUT2D eigenvalue weighted by Gasteiger charge is -2.06. The Bertz CT molecular complexity index is 556. The number of hydrogen-bond acceptors (Lipinski definition) is 3. The molecule has 0 aliphatic carbocycles. The van der Waals surface area contributed by atoms with Crippen molar-refractivity contribution in [2.24, 2.45) is 5.73 Å². The van der Waals surface area contributed by atoms with Gasteiger partial charge in [0.25, 0.3) is 0 Å². The number of aryl methyl sites for hydroxylation is 1. The first-order chi connectivity index (χ1) is 8.08. The number of rotatable bonds is 3. The summed E-state index contributed by atoms with van der Waals surface area (Å²) >= 11 is 0. The quantitative estimate of drug-likeness (QED) is 0.613. The average molecular weight is 229 g/mol. The Morgan fingerprint density at radius 1 is 1.41 bits per heavy atom. The zero-order valence-corrected chi connectivity index (χ0v) is 9.94. The van der Waals surface area contributed by atoms with Gasteiger partial charge >= 0.3 is 0 Å². The van der Waals surface area contributed by atoms with Crippen molar-refractivity contribution in [1.29, 1.82) is 5.41 Å². The van der Waals surface area contributed by atoms with Crippen molar-refractivity contribution in [2.45, 2.75) is 20.4 Å². The Labute approximate surface area is 99.8 Å². The number of hydrogen-bond donors (Lipinski definition) is 2. The summed E-state index contributed by atoms with van der Waals surface area (Å²) in [5, 5.41) is 7.35. The molecule has 2 heterocycles. The lowest BCUT2D eigenvalue weighted by molar-refractivity contribution is 0.767. The van der Waals surface area contributed by atoms with Crippen LogP contribution in [0.2, 0.25) is 0 Å². The van der Waals surface area contributed by atoms with Crippen LogP contribution in [-0.4, -0.2) is 20.4 Å². The molecule has 0 bridgehead atoms. The number of nitrogens with zero attached hydrogens (tertiary/aromatic N) is 3. The van der Waals surface area contributed by atoms with Gasteiger partial charge in [0.05, 0.1) is 12.0 Å². The summed E-state index contributed by atoms with van der Waals surface area (Å²) in [7, 11) is 0. The van der Waals surface area contributed by atoms with Crippen LogP contribution in [0.4, 0.5) is 0 Å². The SMILES string of the molecule is Cc1ncn(Cc2ccnc(C(=N)N)c2)c1C. The molecule has 0 saturated carbocycles. The van der Waals surface area contributed by atoms with Crippen molar-refractivity contribution < 1.29 is 0 Å². The first-order valence-electron chi connectivity index (χ1n) is 5.35. The van der Waals surface area contributed by atoms with Crippen molar-refractivity contribution in [3.05, 3.63) is 47.3 Å². The van der Waals surface area contributed by atoms with E-state index in [1.165, 1.54) is 0 Å². The third kappa shape index (κ3) is 2.33. The van der Waals surface area contributed by atoms with Crippen LogP contribution in [0.3, 0.4) is 0 Å². The molecule has 0 saturated heterocycles. The molecule has 2 aromatic heterocycles. The second-order valence-electron chi connectivity index (χ2n) is 4.01. The lowest BCUT2D eigenvalue weighted by atomic mass is 10.2. The number of nitrogens with one attached hydrogen (secondary N) is 1. The molecule has 2 aromatic rings. The van der Waals surface area contributed by atoms with Crippen LogP contribution in [0.15, 0.2) is 24.7 Å². The summed E-state index contributed by atoms with van der Waals surface area (Å²) in [5.41, 5.74) is 9.16. The fourth-order valence-corrected chi connectivity index (χ4v) is 1.62. The largest absolute Gasteiger partial charge is 0.382 e. The Morgan fingerprint density at radius 3 is 2.76 bits per heavy atom. The molecule has 0 radical (unpaired) electrons. The highest BCUT2D eigenvalue weighted by atomic mass is 15.0. The summed E-state index contributed by atoms with van der Waals surface area (Å²) in [6.07, 6.45) is 3.49. The zero-order chi connectivity index (χ0) is 12.4. The van der Waals surface area contributed by atoms with Crippen LogP contribution in [0.1, 0.15) is 22.6 Å². The van der Waals surface area contributed by atoms with Gasteiger partial charge in [-0.05, 0) is 31.5 Å². The van der Waals surface area contributed by atoms with Crippen LogP contribution < -0.4 is 5.73 Å². The van der Waals surface area contributed by atoms with Crippen LogP contribution >= 0.6 is 0 Å². The molecule has 3 N–H and O–H groups in total. The van der Waals surface area contributed by atoms with Gasteiger partial charge in [0.1, 0.15) is 11.5 Å². The van der Waals surface area contributed by atoms with Crippen molar-refractivity contribution >= 4 is 5.84 Å². The molecule has 2 rings (SSSR count). The van der Waals surface area contributed by atoms with E-state index in [1.54, 1.807) is 6.20 Å². The zero-order valence-electron chi connectivity index (χ0n) is 9.94. The van der Waals surface area contributed by atoms with E-state index in [-0.39, 0.29) is 5.84 Å². The molecule has 5 heteroatoms. The van der Waals surface area contributed by atoms with Gasteiger partial charge in [-0.15, -0.1) is 0 Å². The van der Waals surface area contributed by atoms with E-state index in [0.717, 1.165) is 23.5 Å². The van der Waals surface area contributed by atoms with Crippen LogP contribution in [-0.2, 0) is 6.54 Å². The molecule has 88 valence electrons. The highest BCUT2D eigenvalue weighted by Crippen LogP contribution is 2.09. The fraction of sp³-hybridized carbons (Fsp3) is 0.250. The molecule has 0 unspecified atom stereocenters. The first-order valence-corrected chi connectivity index (χ1v) is 5.35. The van der Waals surface area contributed by atoms with Gasteiger partial charge in [-0.3, -0.25) is 10.4 Å². The van der Waals surface area contributed by atoms with Crippen molar-refractivity contribution in [3.63, 3.8) is 0 Å². The number of amidine groups is 1. The summed E-state index contributed by atoms with van der Waals surface area (Å²) in [4.78, 5) is 8.28. The predicted octanol–water partition coefficient (Wildman–Crippen LogP) is 1.23. The fourth-order valence-electron chi connectivity index (χ4n) is 1.62. The molecular formula is C12H15N5. The van der Waals surface area contributed by atoms with E-state index in [2.05, 4.69) is 14.5 Å². The van der Waals surface area contributed by atoms with E-state index in [4.69, 9.17) is 11.1 Å². The standard InChI is InChI=1S/C12H15N5/c1-8-9(2)17(7-16-8)6-10-3-4-15-11(5-10)12(13)14/h3-5,7H,6H2,1-2H3,(H3,13,14). The molecule has 0 amide bonds. The Balaban J connectivity index is 2.27. The van der Waals surface area contributed by atoms with E-state index >= 15 is 0 Å². The van der Waals surface area contributed by atoms with Gasteiger partial charge in [0.2, 0.25) is 0 Å². The second kappa shape index (κ2) is 4.37. The molecular weight excluding hydrogens is 214 g/mol. The topological polar surface area (TPSA) is 80.6 Å². The second-order valence-corrected chi connectivity index (χ2v) is 4.01. The maximum atomic E-state index is 7.35. The third-order valence-corrected chi connectivity index (χ3v) is 2.80. The molecule has 17 heavy (non-hydrogen) atoms. The number of aromatic nitrogens is 3. The normalized spacial score (nSPS) is 10.5. The Hall–Kier alpha value is -2.17. The van der Waals surface area contributed by atoms with E-state index in [1.807, 2.05) is 32.3 Å². The maximum Gasteiger partial charge on any atom is 0.141 e. The first kappa shape index (κ1) is 11.3. The van der Waals surface area contributed by atoms with Crippen LogP contribution in [0.5, 0.6) is 0 Å². The van der Waals surface area contributed by atoms with Gasteiger partial charge in [0.15, 0.2) is 0 Å². The van der Waals surface area contributed by atoms with Gasteiger partial charge in [-0.25, -0.2) is 4.98 Å². The summed E-state index contributed by atoms with van der Waals surface area (Å²) in [6, 6.07) is 3.75. The Kier molecular flexibility index (Phi) is 2.91. The summed E-state index contributed by atoms with van der Waals surface area (Å²) < 4.78 is 2.06. The molecule has 0 aliphatic rings.